The van der Waals surface area contributed by atoms with Crippen LogP contribution in [0.25, 0.3) is 11.3 Å². The lowest BCUT2D eigenvalue weighted by atomic mass is 10.0. The SMILES string of the molecule is Cc1nc(-c2ccc(CCNC(=O)c3ccc4c(c3)C(=O)N(CC(C)C)C4=O)cc2)cs1. The highest BCUT2D eigenvalue weighted by Crippen LogP contribution is 2.25. The fourth-order valence-corrected chi connectivity index (χ4v) is 4.35. The summed E-state index contributed by atoms with van der Waals surface area (Å²) in [6, 6.07) is 12.9. The molecule has 164 valence electrons. The number of nitrogens with one attached hydrogen (secondary N) is 1. The van der Waals surface area contributed by atoms with E-state index in [1.807, 2.05) is 50.4 Å². The molecule has 2 heterocycles. The minimum absolute atomic E-state index is 0.180. The molecule has 32 heavy (non-hydrogen) atoms. The highest BCUT2D eigenvalue weighted by Gasteiger charge is 2.36. The van der Waals surface area contributed by atoms with Gasteiger partial charge in [-0.25, -0.2) is 4.98 Å². The summed E-state index contributed by atoms with van der Waals surface area (Å²) < 4.78 is 0. The molecule has 4 rings (SSSR count). The maximum absolute atomic E-state index is 12.6. The van der Waals surface area contributed by atoms with Gasteiger partial charge >= 0.3 is 0 Å². The van der Waals surface area contributed by atoms with Crippen molar-refractivity contribution in [2.24, 2.45) is 5.92 Å². The summed E-state index contributed by atoms with van der Waals surface area (Å²) in [5, 5.41) is 5.98. The van der Waals surface area contributed by atoms with Gasteiger partial charge in [0, 0.05) is 29.6 Å². The summed E-state index contributed by atoms with van der Waals surface area (Å²) in [6.07, 6.45) is 0.687. The van der Waals surface area contributed by atoms with Crippen LogP contribution < -0.4 is 5.32 Å². The molecular formula is C25H25N3O3S. The van der Waals surface area contributed by atoms with Gasteiger partial charge in [0.25, 0.3) is 17.7 Å². The third-order valence-corrected chi connectivity index (χ3v) is 6.12. The Labute approximate surface area is 191 Å². The number of carbonyl (C=O) groups excluding carboxylic acids is 3. The molecule has 0 fully saturated rings. The second kappa shape index (κ2) is 9.04. The number of imide groups is 1. The summed E-state index contributed by atoms with van der Waals surface area (Å²) in [5.41, 5.74) is 4.21. The number of nitrogens with zero attached hydrogens (tertiary/aromatic N) is 2. The van der Waals surface area contributed by atoms with Crippen molar-refractivity contribution < 1.29 is 14.4 Å². The number of carbonyl (C=O) groups is 3. The Morgan fingerprint density at radius 2 is 1.78 bits per heavy atom. The smallest absolute Gasteiger partial charge is 0.261 e. The number of hydrogen-bond acceptors (Lipinski definition) is 5. The maximum Gasteiger partial charge on any atom is 0.261 e. The lowest BCUT2D eigenvalue weighted by molar-refractivity contribution is 0.0636. The van der Waals surface area contributed by atoms with E-state index >= 15 is 0 Å². The summed E-state index contributed by atoms with van der Waals surface area (Å²) in [7, 11) is 0. The van der Waals surface area contributed by atoms with Crippen LogP contribution in [-0.4, -0.2) is 40.7 Å². The number of amides is 3. The molecule has 3 aromatic rings. The average molecular weight is 448 g/mol. The van der Waals surface area contributed by atoms with Crippen LogP contribution in [0, 0.1) is 12.8 Å². The molecule has 0 saturated carbocycles. The standard InChI is InChI=1S/C25H25N3O3S/c1-15(2)13-28-24(30)20-9-8-19(12-21(20)25(28)31)23(29)26-11-10-17-4-6-18(7-5-17)22-14-32-16(3)27-22/h4-9,12,14-15H,10-11,13H2,1-3H3,(H,26,29). The minimum atomic E-state index is -0.330. The monoisotopic (exact) mass is 447 g/mol. The fraction of sp³-hybridized carbons (Fsp3) is 0.280. The van der Waals surface area contributed by atoms with Gasteiger partial charge in [0.15, 0.2) is 0 Å². The summed E-state index contributed by atoms with van der Waals surface area (Å²) in [4.78, 5) is 43.4. The molecule has 2 aromatic carbocycles. The number of rotatable bonds is 7. The van der Waals surface area contributed by atoms with Gasteiger partial charge in [-0.05, 0) is 43.0 Å². The van der Waals surface area contributed by atoms with Crippen molar-refractivity contribution in [3.63, 3.8) is 0 Å². The number of aryl methyl sites for hydroxylation is 1. The highest BCUT2D eigenvalue weighted by molar-refractivity contribution is 7.09. The van der Waals surface area contributed by atoms with Gasteiger partial charge in [-0.3, -0.25) is 19.3 Å². The van der Waals surface area contributed by atoms with E-state index in [0.717, 1.165) is 21.8 Å². The van der Waals surface area contributed by atoms with Crippen molar-refractivity contribution in [2.45, 2.75) is 27.2 Å². The molecule has 1 aliphatic rings. The summed E-state index contributed by atoms with van der Waals surface area (Å²) >= 11 is 1.63. The van der Waals surface area contributed by atoms with E-state index in [-0.39, 0.29) is 23.6 Å². The van der Waals surface area contributed by atoms with E-state index < -0.39 is 0 Å². The van der Waals surface area contributed by atoms with Gasteiger partial charge in [-0.15, -0.1) is 11.3 Å². The molecule has 0 aliphatic carbocycles. The van der Waals surface area contributed by atoms with Crippen molar-refractivity contribution in [3.8, 4) is 11.3 Å². The molecule has 0 spiro atoms. The first kappa shape index (κ1) is 21.9. The van der Waals surface area contributed by atoms with Crippen LogP contribution in [0.2, 0.25) is 0 Å². The molecule has 0 unspecified atom stereocenters. The van der Waals surface area contributed by atoms with Gasteiger partial charge < -0.3 is 5.32 Å². The van der Waals surface area contributed by atoms with E-state index in [1.165, 1.54) is 11.0 Å². The molecule has 3 amide bonds. The maximum atomic E-state index is 12.6. The molecule has 1 N–H and O–H groups in total. The van der Waals surface area contributed by atoms with Crippen LogP contribution in [0.5, 0.6) is 0 Å². The van der Waals surface area contributed by atoms with Gasteiger partial charge in [0.05, 0.1) is 21.8 Å². The minimum Gasteiger partial charge on any atom is -0.352 e. The van der Waals surface area contributed by atoms with Crippen molar-refractivity contribution >= 4 is 29.1 Å². The van der Waals surface area contributed by atoms with Crippen LogP contribution in [0.1, 0.15) is 55.5 Å². The number of benzene rings is 2. The zero-order chi connectivity index (χ0) is 22.8. The first-order chi connectivity index (χ1) is 15.3. The van der Waals surface area contributed by atoms with Crippen molar-refractivity contribution in [3.05, 3.63) is 75.1 Å². The number of hydrogen-bond donors (Lipinski definition) is 1. The molecule has 0 atom stereocenters. The Morgan fingerprint density at radius 3 is 2.44 bits per heavy atom. The Balaban J connectivity index is 1.36. The van der Waals surface area contributed by atoms with Gasteiger partial charge in [0.1, 0.15) is 0 Å². The molecule has 6 nitrogen and oxygen atoms in total. The molecule has 0 bridgehead atoms. The Bertz CT molecular complexity index is 1180. The highest BCUT2D eigenvalue weighted by atomic mass is 32.1. The fourth-order valence-electron chi connectivity index (χ4n) is 3.72. The summed E-state index contributed by atoms with van der Waals surface area (Å²) in [6.45, 7) is 6.74. The van der Waals surface area contributed by atoms with Crippen LogP contribution >= 0.6 is 11.3 Å². The number of aromatic nitrogens is 1. The van der Waals surface area contributed by atoms with Crippen molar-refractivity contribution in [1.82, 2.24) is 15.2 Å². The van der Waals surface area contributed by atoms with E-state index in [4.69, 9.17) is 0 Å². The second-order valence-electron chi connectivity index (χ2n) is 8.33. The topological polar surface area (TPSA) is 79.4 Å². The van der Waals surface area contributed by atoms with E-state index in [2.05, 4.69) is 10.3 Å². The Morgan fingerprint density at radius 1 is 1.06 bits per heavy atom. The van der Waals surface area contributed by atoms with Crippen molar-refractivity contribution in [1.29, 1.82) is 0 Å². The van der Waals surface area contributed by atoms with E-state index in [0.29, 0.717) is 36.2 Å². The zero-order valence-corrected chi connectivity index (χ0v) is 19.2. The lowest BCUT2D eigenvalue weighted by Crippen LogP contribution is -2.33. The number of thiazole rings is 1. The van der Waals surface area contributed by atoms with Gasteiger partial charge in [-0.1, -0.05) is 38.1 Å². The quantitative estimate of drug-likeness (QED) is 0.547. The number of fused-ring (bicyclic) bond motifs is 1. The first-order valence-electron chi connectivity index (χ1n) is 10.6. The predicted molar refractivity (Wildman–Crippen MR) is 125 cm³/mol. The van der Waals surface area contributed by atoms with Crippen LogP contribution in [0.15, 0.2) is 47.8 Å². The first-order valence-corrected chi connectivity index (χ1v) is 11.5. The molecule has 1 aliphatic heterocycles. The molecule has 0 saturated heterocycles. The third kappa shape index (κ3) is 4.48. The Kier molecular flexibility index (Phi) is 6.19. The van der Waals surface area contributed by atoms with Crippen molar-refractivity contribution in [2.75, 3.05) is 13.1 Å². The van der Waals surface area contributed by atoms with Crippen LogP contribution in [0.3, 0.4) is 0 Å². The van der Waals surface area contributed by atoms with E-state index in [9.17, 15) is 14.4 Å². The molecule has 0 radical (unpaired) electrons. The molecule has 1 aromatic heterocycles. The average Bonchev–Trinajstić information content (AvgIpc) is 3.31. The zero-order valence-electron chi connectivity index (χ0n) is 18.3. The summed E-state index contributed by atoms with van der Waals surface area (Å²) in [5.74, 6) is -0.699. The third-order valence-electron chi connectivity index (χ3n) is 5.35. The van der Waals surface area contributed by atoms with E-state index in [1.54, 1.807) is 23.5 Å². The predicted octanol–water partition coefficient (Wildman–Crippen LogP) is 4.34. The lowest BCUT2D eigenvalue weighted by Gasteiger charge is -2.15. The van der Waals surface area contributed by atoms with Gasteiger partial charge in [0.2, 0.25) is 0 Å². The van der Waals surface area contributed by atoms with Crippen LogP contribution in [-0.2, 0) is 6.42 Å². The van der Waals surface area contributed by atoms with Gasteiger partial charge in [-0.2, -0.15) is 0 Å². The van der Waals surface area contributed by atoms with Crippen LogP contribution in [0.4, 0.5) is 0 Å². The molecular weight excluding hydrogens is 422 g/mol. The second-order valence-corrected chi connectivity index (χ2v) is 9.39. The Hall–Kier alpha value is -3.32. The largest absolute Gasteiger partial charge is 0.352 e. The normalized spacial score (nSPS) is 13.1. The molecule has 7 heteroatoms.